The third-order valence-electron chi connectivity index (χ3n) is 14.7. The van der Waals surface area contributed by atoms with Gasteiger partial charge in [0.15, 0.2) is 0 Å². The Morgan fingerprint density at radius 2 is 0.689 bits per heavy atom. The van der Waals surface area contributed by atoms with Gasteiger partial charge in [-0.15, -0.1) is 0 Å². The first-order valence-corrected chi connectivity index (χ1v) is 22.4. The molecule has 0 N–H and O–H groups in total. The van der Waals surface area contributed by atoms with Crippen molar-refractivity contribution in [1.29, 1.82) is 0 Å². The molecule has 13 rings (SSSR count). The van der Waals surface area contributed by atoms with Crippen molar-refractivity contribution in [1.82, 2.24) is 0 Å². The molecule has 0 radical (unpaired) electrons. The molecule has 0 amide bonds. The zero-order chi connectivity index (χ0) is 40.8. The largest absolute Gasteiger partial charge is 0.310 e. The minimum atomic E-state index is -0.502. The molecule has 0 atom stereocenters. The molecular formula is C59H43NS. The van der Waals surface area contributed by atoms with Gasteiger partial charge in [0.2, 0.25) is 0 Å². The van der Waals surface area contributed by atoms with Crippen molar-refractivity contribution in [2.45, 2.75) is 53.7 Å². The van der Waals surface area contributed by atoms with E-state index >= 15 is 0 Å². The summed E-state index contributed by atoms with van der Waals surface area (Å²) in [6.45, 7) is 9.54. The summed E-state index contributed by atoms with van der Waals surface area (Å²) in [5, 5.41) is 2.55. The quantitative estimate of drug-likeness (QED) is 0.175. The van der Waals surface area contributed by atoms with E-state index in [2.05, 4.69) is 221 Å². The zero-order valence-corrected chi connectivity index (χ0v) is 35.6. The molecular weight excluding hydrogens is 755 g/mol. The first-order valence-electron chi connectivity index (χ1n) is 21.6. The highest BCUT2D eigenvalue weighted by molar-refractivity contribution is 7.99. The van der Waals surface area contributed by atoms with Crippen LogP contribution in [-0.2, 0) is 16.2 Å². The molecule has 2 heteroatoms. The predicted molar refractivity (Wildman–Crippen MR) is 255 cm³/mol. The standard InChI is InChI=1S/C59H43NS/c1-57(2)47-21-11-7-17-41(47)45-28-25-38(33-51(45)57)60(39-26-29-46-42-18-8-12-22-48(42)58(3,4)52(46)34-39)40-27-30-55-54(35-40)59(53-31-36-15-5-6-16-37(36)32-56(53)61-55)49-23-13-9-19-43(49)44-20-10-14-24-50(44)59/h5-35H,1-4H3. The lowest BCUT2D eigenvalue weighted by molar-refractivity contribution is 0.660. The van der Waals surface area contributed by atoms with Gasteiger partial charge in [0.1, 0.15) is 0 Å². The molecule has 4 aliphatic rings. The number of benzene rings is 9. The molecule has 0 saturated carbocycles. The number of rotatable bonds is 3. The van der Waals surface area contributed by atoms with E-state index in [0.717, 1.165) is 5.69 Å². The molecule has 1 spiro atoms. The van der Waals surface area contributed by atoms with Gasteiger partial charge in [0.25, 0.3) is 0 Å². The van der Waals surface area contributed by atoms with Crippen molar-refractivity contribution >= 4 is 39.6 Å². The highest BCUT2D eigenvalue weighted by Crippen LogP contribution is 2.63. The van der Waals surface area contributed by atoms with Gasteiger partial charge in [-0.25, -0.2) is 0 Å². The minimum absolute atomic E-state index is 0.129. The number of anilines is 3. The Labute approximate surface area is 362 Å². The third kappa shape index (κ3) is 4.58. The molecule has 1 heterocycles. The lowest BCUT2D eigenvalue weighted by Crippen LogP contribution is -2.32. The second-order valence-electron chi connectivity index (χ2n) is 18.5. The summed E-state index contributed by atoms with van der Waals surface area (Å²) in [5.41, 5.74) is 21.7. The summed E-state index contributed by atoms with van der Waals surface area (Å²) >= 11 is 1.92. The summed E-state index contributed by atoms with van der Waals surface area (Å²) in [6.07, 6.45) is 0. The van der Waals surface area contributed by atoms with Crippen molar-refractivity contribution < 1.29 is 0 Å². The van der Waals surface area contributed by atoms with Crippen molar-refractivity contribution in [3.05, 3.63) is 233 Å². The van der Waals surface area contributed by atoms with Gasteiger partial charge in [-0.2, -0.15) is 0 Å². The maximum absolute atomic E-state index is 2.54. The fraction of sp³-hybridized carbons (Fsp3) is 0.119. The highest BCUT2D eigenvalue weighted by atomic mass is 32.2. The first kappa shape index (κ1) is 35.2. The van der Waals surface area contributed by atoms with Crippen LogP contribution in [0.3, 0.4) is 0 Å². The van der Waals surface area contributed by atoms with Crippen LogP contribution in [0.1, 0.15) is 72.2 Å². The van der Waals surface area contributed by atoms with Gasteiger partial charge in [-0.3, -0.25) is 0 Å². The molecule has 0 aromatic heterocycles. The fourth-order valence-corrected chi connectivity index (χ4v) is 13.0. The van der Waals surface area contributed by atoms with Crippen LogP contribution in [0.25, 0.3) is 44.2 Å². The lowest BCUT2D eigenvalue weighted by Gasteiger charge is -2.41. The van der Waals surface area contributed by atoms with Crippen LogP contribution < -0.4 is 4.90 Å². The topological polar surface area (TPSA) is 3.24 Å². The number of nitrogens with zero attached hydrogens (tertiary/aromatic N) is 1. The fourth-order valence-electron chi connectivity index (χ4n) is 11.8. The first-order chi connectivity index (χ1) is 29.7. The van der Waals surface area contributed by atoms with Gasteiger partial charge in [0.05, 0.1) is 5.41 Å². The van der Waals surface area contributed by atoms with Crippen LogP contribution in [0.15, 0.2) is 198 Å². The average molecular weight is 798 g/mol. The minimum Gasteiger partial charge on any atom is -0.310 e. The second-order valence-corrected chi connectivity index (χ2v) is 19.5. The van der Waals surface area contributed by atoms with E-state index in [-0.39, 0.29) is 10.8 Å². The molecule has 3 aliphatic carbocycles. The van der Waals surface area contributed by atoms with Gasteiger partial charge >= 0.3 is 0 Å². The Kier molecular flexibility index (Phi) is 7.06. The van der Waals surface area contributed by atoms with E-state index < -0.39 is 5.41 Å². The Hall–Kier alpha value is -6.61. The second kappa shape index (κ2) is 12.2. The Morgan fingerprint density at radius 3 is 1.21 bits per heavy atom. The molecule has 1 aliphatic heterocycles. The van der Waals surface area contributed by atoms with Crippen LogP contribution >= 0.6 is 11.8 Å². The van der Waals surface area contributed by atoms with Crippen LogP contribution in [0.4, 0.5) is 17.1 Å². The normalized spacial score (nSPS) is 15.9. The van der Waals surface area contributed by atoms with E-state index in [1.807, 2.05) is 11.8 Å². The number of hydrogen-bond acceptors (Lipinski definition) is 2. The molecule has 9 aromatic carbocycles. The molecule has 1 nitrogen and oxygen atoms in total. The molecule has 61 heavy (non-hydrogen) atoms. The van der Waals surface area contributed by atoms with Crippen molar-refractivity contribution in [2.24, 2.45) is 0 Å². The molecule has 290 valence electrons. The predicted octanol–water partition coefficient (Wildman–Crippen LogP) is 15.7. The van der Waals surface area contributed by atoms with Crippen molar-refractivity contribution in [2.75, 3.05) is 4.90 Å². The average Bonchev–Trinajstić information content (AvgIpc) is 3.81. The van der Waals surface area contributed by atoms with E-state index in [1.54, 1.807) is 0 Å². The summed E-state index contributed by atoms with van der Waals surface area (Å²) < 4.78 is 0. The summed E-state index contributed by atoms with van der Waals surface area (Å²) in [6, 6.07) is 71.8. The van der Waals surface area contributed by atoms with Crippen LogP contribution in [0.2, 0.25) is 0 Å². The molecule has 0 saturated heterocycles. The monoisotopic (exact) mass is 797 g/mol. The van der Waals surface area contributed by atoms with Gasteiger partial charge in [-0.05, 0) is 143 Å². The van der Waals surface area contributed by atoms with Crippen molar-refractivity contribution in [3.63, 3.8) is 0 Å². The van der Waals surface area contributed by atoms with Crippen LogP contribution in [0, 0.1) is 0 Å². The summed E-state index contributed by atoms with van der Waals surface area (Å²) in [4.78, 5) is 5.16. The molecule has 0 bridgehead atoms. The Morgan fingerprint density at radius 1 is 0.311 bits per heavy atom. The van der Waals surface area contributed by atoms with Gasteiger partial charge in [-0.1, -0.05) is 173 Å². The highest BCUT2D eigenvalue weighted by Gasteiger charge is 2.50. The number of fused-ring (bicyclic) bond motifs is 16. The van der Waals surface area contributed by atoms with Gasteiger partial charge in [0, 0.05) is 37.7 Å². The maximum atomic E-state index is 2.54. The van der Waals surface area contributed by atoms with E-state index in [0.29, 0.717) is 0 Å². The Bertz CT molecular complexity index is 3210. The maximum Gasteiger partial charge on any atom is 0.0736 e. The van der Waals surface area contributed by atoms with Crippen LogP contribution in [0.5, 0.6) is 0 Å². The van der Waals surface area contributed by atoms with E-state index in [9.17, 15) is 0 Å². The molecule has 0 fully saturated rings. The summed E-state index contributed by atoms with van der Waals surface area (Å²) in [7, 11) is 0. The van der Waals surface area contributed by atoms with E-state index in [1.165, 1.54) is 110 Å². The summed E-state index contributed by atoms with van der Waals surface area (Å²) in [5.74, 6) is 0. The molecule has 0 unspecified atom stereocenters. The SMILES string of the molecule is CC1(C)c2ccccc2-c2ccc(N(c3ccc4c(c3)C(C)(C)c3ccccc3-4)c3ccc4c(c3)C3(c5cc6ccccc6cc5S4)c4ccccc4-c4ccccc43)cc21. The van der Waals surface area contributed by atoms with Gasteiger partial charge < -0.3 is 4.90 Å². The van der Waals surface area contributed by atoms with Crippen LogP contribution in [-0.4, -0.2) is 0 Å². The smallest absolute Gasteiger partial charge is 0.0736 e. The Balaban J connectivity index is 1.08. The van der Waals surface area contributed by atoms with E-state index in [4.69, 9.17) is 0 Å². The third-order valence-corrected chi connectivity index (χ3v) is 15.8. The van der Waals surface area contributed by atoms with Crippen molar-refractivity contribution in [3.8, 4) is 33.4 Å². The number of hydrogen-bond donors (Lipinski definition) is 0. The molecule has 9 aromatic rings. The lowest BCUT2D eigenvalue weighted by atomic mass is 9.67. The zero-order valence-electron chi connectivity index (χ0n) is 34.8.